The van der Waals surface area contributed by atoms with E-state index in [1.54, 1.807) is 0 Å². The highest BCUT2D eigenvalue weighted by Gasteiger charge is 2.24. The highest BCUT2D eigenvalue weighted by atomic mass is 16.5. The molecule has 0 aromatic rings. The van der Waals surface area contributed by atoms with E-state index < -0.39 is 0 Å². The van der Waals surface area contributed by atoms with Gasteiger partial charge in [0.25, 0.3) is 0 Å². The van der Waals surface area contributed by atoms with Crippen molar-refractivity contribution in [3.8, 4) is 0 Å². The largest absolute Gasteiger partial charge is 0.393 e. The van der Waals surface area contributed by atoms with Crippen LogP contribution in [0.1, 0.15) is 38.5 Å². The molecule has 3 nitrogen and oxygen atoms in total. The summed E-state index contributed by atoms with van der Waals surface area (Å²) in [4.78, 5) is 2.37. The number of aliphatic hydroxyl groups is 1. The maximum atomic E-state index is 9.41. The first kappa shape index (κ1) is 11.4. The third kappa shape index (κ3) is 3.44. The maximum absolute atomic E-state index is 9.41. The van der Waals surface area contributed by atoms with Crippen LogP contribution in [-0.4, -0.2) is 48.5 Å². The van der Waals surface area contributed by atoms with Crippen LogP contribution >= 0.6 is 0 Å². The Morgan fingerprint density at radius 1 is 0.933 bits per heavy atom. The summed E-state index contributed by atoms with van der Waals surface area (Å²) in [6.45, 7) is 2.33. The second-order valence-corrected chi connectivity index (χ2v) is 5.07. The van der Waals surface area contributed by atoms with Crippen molar-refractivity contribution in [3.05, 3.63) is 0 Å². The fourth-order valence-electron chi connectivity index (χ4n) is 2.57. The molecule has 1 heterocycles. The van der Waals surface area contributed by atoms with Gasteiger partial charge in [-0.2, -0.15) is 0 Å². The van der Waals surface area contributed by atoms with Gasteiger partial charge in [-0.1, -0.05) is 0 Å². The van der Waals surface area contributed by atoms with E-state index >= 15 is 0 Å². The average molecular weight is 213 g/mol. The Hall–Kier alpha value is -0.120. The van der Waals surface area contributed by atoms with Crippen LogP contribution in [0.3, 0.4) is 0 Å². The summed E-state index contributed by atoms with van der Waals surface area (Å²) in [5, 5.41) is 9.41. The van der Waals surface area contributed by atoms with Gasteiger partial charge >= 0.3 is 0 Å². The fourth-order valence-corrected chi connectivity index (χ4v) is 2.57. The third-order valence-electron chi connectivity index (χ3n) is 3.69. The van der Waals surface area contributed by atoms with E-state index in [1.807, 2.05) is 0 Å². The van der Waals surface area contributed by atoms with Crippen LogP contribution in [0.2, 0.25) is 0 Å². The molecule has 0 amide bonds. The van der Waals surface area contributed by atoms with Gasteiger partial charge in [0.05, 0.1) is 18.3 Å². The zero-order chi connectivity index (χ0) is 10.7. The summed E-state index contributed by atoms with van der Waals surface area (Å²) in [7, 11) is 2.17. The van der Waals surface area contributed by atoms with Gasteiger partial charge in [-0.05, 0) is 45.6 Å². The maximum Gasteiger partial charge on any atom is 0.0603 e. The molecule has 1 N–H and O–H groups in total. The zero-order valence-corrected chi connectivity index (χ0v) is 9.69. The Morgan fingerprint density at radius 3 is 2.07 bits per heavy atom. The number of likely N-dealkylation sites (tertiary alicyclic amines) is 1. The molecule has 0 unspecified atom stereocenters. The van der Waals surface area contributed by atoms with Gasteiger partial charge in [0, 0.05) is 13.1 Å². The summed E-state index contributed by atoms with van der Waals surface area (Å²) < 4.78 is 6.09. The van der Waals surface area contributed by atoms with Gasteiger partial charge in [0.15, 0.2) is 0 Å². The molecule has 0 spiro atoms. The molecular weight excluding hydrogens is 190 g/mol. The van der Waals surface area contributed by atoms with Crippen LogP contribution in [0.5, 0.6) is 0 Å². The van der Waals surface area contributed by atoms with E-state index in [0.717, 1.165) is 25.7 Å². The van der Waals surface area contributed by atoms with Gasteiger partial charge in [0.1, 0.15) is 0 Å². The van der Waals surface area contributed by atoms with Crippen LogP contribution in [0.25, 0.3) is 0 Å². The van der Waals surface area contributed by atoms with Crippen LogP contribution in [0.4, 0.5) is 0 Å². The predicted octanol–water partition coefficient (Wildman–Crippen LogP) is 1.40. The molecule has 0 bridgehead atoms. The molecule has 2 aliphatic rings. The first-order valence-corrected chi connectivity index (χ1v) is 6.26. The quantitative estimate of drug-likeness (QED) is 0.752. The van der Waals surface area contributed by atoms with Gasteiger partial charge in [-0.3, -0.25) is 0 Å². The third-order valence-corrected chi connectivity index (χ3v) is 3.69. The first-order valence-electron chi connectivity index (χ1n) is 6.26. The van der Waals surface area contributed by atoms with Crippen molar-refractivity contribution in [1.82, 2.24) is 4.90 Å². The van der Waals surface area contributed by atoms with Crippen LogP contribution in [0, 0.1) is 0 Å². The van der Waals surface area contributed by atoms with Gasteiger partial charge in [0.2, 0.25) is 0 Å². The number of rotatable bonds is 2. The molecule has 0 radical (unpaired) electrons. The Labute approximate surface area is 92.4 Å². The van der Waals surface area contributed by atoms with Crippen molar-refractivity contribution in [1.29, 1.82) is 0 Å². The Morgan fingerprint density at radius 2 is 1.47 bits per heavy atom. The topological polar surface area (TPSA) is 32.7 Å². The molecule has 0 atom stereocenters. The van der Waals surface area contributed by atoms with Crippen LogP contribution < -0.4 is 0 Å². The second-order valence-electron chi connectivity index (χ2n) is 5.07. The Bertz CT molecular complexity index is 162. The normalized spacial score (nSPS) is 35.6. The highest BCUT2D eigenvalue weighted by molar-refractivity contribution is 4.76. The summed E-state index contributed by atoms with van der Waals surface area (Å²) in [6.07, 6.45) is 7.13. The van der Waals surface area contributed by atoms with Crippen molar-refractivity contribution in [3.63, 3.8) is 0 Å². The summed E-state index contributed by atoms with van der Waals surface area (Å²) in [5.41, 5.74) is 0. The molecule has 0 aromatic heterocycles. The Balaban J connectivity index is 1.68. The second kappa shape index (κ2) is 5.28. The van der Waals surface area contributed by atoms with Gasteiger partial charge < -0.3 is 14.7 Å². The minimum Gasteiger partial charge on any atom is -0.393 e. The lowest BCUT2D eigenvalue weighted by Crippen LogP contribution is -2.37. The van der Waals surface area contributed by atoms with Crippen molar-refractivity contribution < 1.29 is 9.84 Å². The number of piperidine rings is 1. The summed E-state index contributed by atoms with van der Waals surface area (Å²) >= 11 is 0. The van der Waals surface area contributed by atoms with E-state index in [0.29, 0.717) is 12.2 Å². The first-order chi connectivity index (χ1) is 7.24. The number of ether oxygens (including phenoxy) is 1. The molecule has 3 heteroatoms. The van der Waals surface area contributed by atoms with Crippen molar-refractivity contribution >= 4 is 0 Å². The van der Waals surface area contributed by atoms with Crippen molar-refractivity contribution in [2.24, 2.45) is 0 Å². The van der Waals surface area contributed by atoms with Crippen LogP contribution in [-0.2, 0) is 4.74 Å². The minimum absolute atomic E-state index is 0.0673. The molecule has 0 aromatic carbocycles. The highest BCUT2D eigenvalue weighted by Crippen LogP contribution is 2.24. The lowest BCUT2D eigenvalue weighted by atomic mass is 9.94. The average Bonchev–Trinajstić information content (AvgIpc) is 2.25. The van der Waals surface area contributed by atoms with Crippen LogP contribution in [0.15, 0.2) is 0 Å². The van der Waals surface area contributed by atoms with Gasteiger partial charge in [-0.15, -0.1) is 0 Å². The minimum atomic E-state index is -0.0673. The van der Waals surface area contributed by atoms with E-state index in [1.165, 1.54) is 25.9 Å². The molecule has 88 valence electrons. The molecule has 1 saturated carbocycles. The lowest BCUT2D eigenvalue weighted by Gasteiger charge is -2.34. The van der Waals surface area contributed by atoms with E-state index in [-0.39, 0.29) is 6.10 Å². The van der Waals surface area contributed by atoms with E-state index in [9.17, 15) is 5.11 Å². The molecule has 1 aliphatic carbocycles. The number of hydrogen-bond acceptors (Lipinski definition) is 3. The number of aliphatic hydroxyl groups excluding tert-OH is 1. The molecular formula is C12H23NO2. The SMILES string of the molecule is CN1CCC(OC2CCC(O)CC2)CC1. The standard InChI is InChI=1S/C12H23NO2/c1-13-8-6-12(7-9-13)15-11-4-2-10(14)3-5-11/h10-12,14H,2-9H2,1H3. The molecule has 1 saturated heterocycles. The number of hydrogen-bond donors (Lipinski definition) is 1. The van der Waals surface area contributed by atoms with Gasteiger partial charge in [-0.25, -0.2) is 0 Å². The van der Waals surface area contributed by atoms with Crippen molar-refractivity contribution in [2.45, 2.75) is 56.8 Å². The van der Waals surface area contributed by atoms with E-state index in [4.69, 9.17) is 4.74 Å². The fraction of sp³-hybridized carbons (Fsp3) is 1.00. The Kier molecular flexibility index (Phi) is 4.00. The monoisotopic (exact) mass is 213 g/mol. The lowest BCUT2D eigenvalue weighted by molar-refractivity contribution is -0.0666. The molecule has 15 heavy (non-hydrogen) atoms. The zero-order valence-electron chi connectivity index (χ0n) is 9.69. The van der Waals surface area contributed by atoms with Crippen molar-refractivity contribution in [2.75, 3.05) is 20.1 Å². The molecule has 1 aliphatic heterocycles. The van der Waals surface area contributed by atoms with E-state index in [2.05, 4.69) is 11.9 Å². The summed E-state index contributed by atoms with van der Waals surface area (Å²) in [5.74, 6) is 0. The smallest absolute Gasteiger partial charge is 0.0603 e. The number of nitrogens with zero attached hydrogens (tertiary/aromatic N) is 1. The molecule has 2 rings (SSSR count). The summed E-state index contributed by atoms with van der Waals surface area (Å²) in [6, 6.07) is 0. The molecule has 2 fully saturated rings. The predicted molar refractivity (Wildman–Crippen MR) is 59.9 cm³/mol.